The zero-order chi connectivity index (χ0) is 18.1. The number of morpholine rings is 1. The fourth-order valence-electron chi connectivity index (χ4n) is 3.50. The summed E-state index contributed by atoms with van der Waals surface area (Å²) in [5.74, 6) is 1.13. The Morgan fingerprint density at radius 2 is 2.08 bits per heavy atom. The molecule has 1 atom stereocenters. The Morgan fingerprint density at radius 3 is 2.81 bits per heavy atom. The summed E-state index contributed by atoms with van der Waals surface area (Å²) in [6.07, 6.45) is 8.45. The van der Waals surface area contributed by atoms with Crippen molar-refractivity contribution in [2.45, 2.75) is 13.0 Å². The molecule has 4 rings (SSSR count). The normalized spacial score (nSPS) is 20.4. The molecule has 26 heavy (non-hydrogen) atoms. The molecular weight excluding hydrogens is 326 g/mol. The van der Waals surface area contributed by atoms with Crippen LogP contribution in [0.25, 0.3) is 5.57 Å². The molecule has 0 spiro atoms. The van der Waals surface area contributed by atoms with Gasteiger partial charge in [-0.2, -0.15) is 5.10 Å². The third kappa shape index (κ3) is 3.32. The molecular formula is C20H25N5O. The molecule has 2 aliphatic heterocycles. The summed E-state index contributed by atoms with van der Waals surface area (Å²) in [6.45, 7) is 5.42. The van der Waals surface area contributed by atoms with Crippen LogP contribution < -0.4 is 11.1 Å². The third-order valence-corrected chi connectivity index (χ3v) is 4.95. The van der Waals surface area contributed by atoms with Gasteiger partial charge in [-0.05, 0) is 47.9 Å². The minimum atomic E-state index is 0.0716. The van der Waals surface area contributed by atoms with Crippen LogP contribution in [0.4, 0.5) is 5.69 Å². The molecule has 2 aromatic rings. The lowest BCUT2D eigenvalue weighted by atomic mass is 9.94. The number of rotatable bonds is 3. The lowest BCUT2D eigenvalue weighted by molar-refractivity contribution is 0.0497. The predicted molar refractivity (Wildman–Crippen MR) is 103 cm³/mol. The Labute approximate surface area is 153 Å². The molecule has 1 unspecified atom stereocenters. The first-order valence-corrected chi connectivity index (χ1v) is 8.98. The van der Waals surface area contributed by atoms with Crippen molar-refractivity contribution in [2.75, 3.05) is 32.0 Å². The summed E-state index contributed by atoms with van der Waals surface area (Å²) >= 11 is 0. The van der Waals surface area contributed by atoms with Gasteiger partial charge in [0.1, 0.15) is 5.82 Å². The predicted octanol–water partition coefficient (Wildman–Crippen LogP) is 2.21. The molecule has 0 saturated carbocycles. The number of nitrogen functional groups attached to an aromatic ring is 1. The van der Waals surface area contributed by atoms with Crippen LogP contribution in [-0.2, 0) is 11.8 Å². The molecule has 0 radical (unpaired) electrons. The highest BCUT2D eigenvalue weighted by atomic mass is 16.5. The quantitative estimate of drug-likeness (QED) is 0.830. The molecule has 3 N–H and O–H groups in total. The van der Waals surface area contributed by atoms with Gasteiger partial charge in [0.25, 0.3) is 0 Å². The number of nitrogens with zero attached hydrogens (tertiary/aromatic N) is 3. The number of allylic oxidation sites excluding steroid dienone is 2. The molecule has 1 aromatic carbocycles. The minimum absolute atomic E-state index is 0.0716. The number of dihydropyridines is 1. The van der Waals surface area contributed by atoms with Gasteiger partial charge in [-0.3, -0.25) is 4.68 Å². The van der Waals surface area contributed by atoms with Crippen LogP contribution in [0.5, 0.6) is 0 Å². The number of nitrogens with two attached hydrogens (primary N) is 1. The first-order valence-electron chi connectivity index (χ1n) is 8.98. The maximum atomic E-state index is 6.06. The Bertz CT molecular complexity index is 861. The van der Waals surface area contributed by atoms with Crippen molar-refractivity contribution >= 4 is 11.3 Å². The van der Waals surface area contributed by atoms with Crippen molar-refractivity contribution in [1.29, 1.82) is 0 Å². The molecule has 6 nitrogen and oxygen atoms in total. The van der Waals surface area contributed by atoms with E-state index in [0.29, 0.717) is 0 Å². The van der Waals surface area contributed by atoms with Gasteiger partial charge in [-0.25, -0.2) is 0 Å². The van der Waals surface area contributed by atoms with Gasteiger partial charge in [-0.15, -0.1) is 0 Å². The molecule has 136 valence electrons. The van der Waals surface area contributed by atoms with Gasteiger partial charge in [-0.1, -0.05) is 6.07 Å². The summed E-state index contributed by atoms with van der Waals surface area (Å²) in [6, 6.07) is 6.16. The lowest BCUT2D eigenvalue weighted by Gasteiger charge is -2.35. The van der Waals surface area contributed by atoms with Gasteiger partial charge in [0, 0.05) is 37.6 Å². The standard InChI is InChI=1S/C20H25N5O/c1-14-3-4-17(21)11-18(14)15-9-19(16-12-22-24(2)13-16)23-20(10-15)25-5-7-26-8-6-25/h3-4,9-13,19,23H,5-8,21H2,1-2H3. The highest BCUT2D eigenvalue weighted by Gasteiger charge is 2.23. The molecule has 1 aromatic heterocycles. The second kappa shape index (κ2) is 6.88. The van der Waals surface area contributed by atoms with E-state index in [9.17, 15) is 0 Å². The van der Waals surface area contributed by atoms with E-state index >= 15 is 0 Å². The fourth-order valence-corrected chi connectivity index (χ4v) is 3.50. The van der Waals surface area contributed by atoms with Gasteiger partial charge >= 0.3 is 0 Å². The van der Waals surface area contributed by atoms with Crippen LogP contribution >= 0.6 is 0 Å². The van der Waals surface area contributed by atoms with Crippen LogP contribution in [0.3, 0.4) is 0 Å². The van der Waals surface area contributed by atoms with Crippen molar-refractivity contribution in [3.8, 4) is 0 Å². The van der Waals surface area contributed by atoms with Crippen LogP contribution in [0.15, 0.2) is 48.6 Å². The first kappa shape index (κ1) is 16.7. The van der Waals surface area contributed by atoms with Crippen molar-refractivity contribution in [3.05, 3.63) is 65.3 Å². The maximum absolute atomic E-state index is 6.06. The Kier molecular flexibility index (Phi) is 4.42. The SMILES string of the molecule is Cc1ccc(N)cc1C1=CC(c2cnn(C)c2)NC(N2CCOCC2)=C1. The zero-order valence-electron chi connectivity index (χ0n) is 15.3. The molecule has 0 aliphatic carbocycles. The fraction of sp³-hybridized carbons (Fsp3) is 0.350. The number of ether oxygens (including phenoxy) is 1. The van der Waals surface area contributed by atoms with Gasteiger partial charge in [0.15, 0.2) is 0 Å². The van der Waals surface area contributed by atoms with E-state index in [0.717, 1.165) is 43.4 Å². The summed E-state index contributed by atoms with van der Waals surface area (Å²) < 4.78 is 7.35. The average Bonchev–Trinajstić information content (AvgIpc) is 3.10. The van der Waals surface area contributed by atoms with Crippen LogP contribution in [0.1, 0.15) is 22.7 Å². The van der Waals surface area contributed by atoms with Crippen LogP contribution in [0.2, 0.25) is 0 Å². The van der Waals surface area contributed by atoms with E-state index < -0.39 is 0 Å². The Morgan fingerprint density at radius 1 is 1.27 bits per heavy atom. The number of anilines is 1. The first-order chi connectivity index (χ1) is 12.6. The molecule has 1 fully saturated rings. The number of hydrogen-bond acceptors (Lipinski definition) is 5. The maximum Gasteiger partial charge on any atom is 0.103 e. The highest BCUT2D eigenvalue weighted by Crippen LogP contribution is 2.31. The largest absolute Gasteiger partial charge is 0.399 e. The van der Waals surface area contributed by atoms with E-state index in [-0.39, 0.29) is 6.04 Å². The monoisotopic (exact) mass is 351 g/mol. The topological polar surface area (TPSA) is 68.3 Å². The average molecular weight is 351 g/mol. The second-order valence-electron chi connectivity index (χ2n) is 6.89. The van der Waals surface area contributed by atoms with E-state index in [1.807, 2.05) is 24.0 Å². The Hall–Kier alpha value is -2.73. The molecule has 6 heteroatoms. The number of benzene rings is 1. The minimum Gasteiger partial charge on any atom is -0.399 e. The van der Waals surface area contributed by atoms with E-state index in [4.69, 9.17) is 10.5 Å². The van der Waals surface area contributed by atoms with E-state index in [1.165, 1.54) is 16.7 Å². The number of aromatic nitrogens is 2. The zero-order valence-corrected chi connectivity index (χ0v) is 15.3. The number of nitrogens with one attached hydrogen (secondary N) is 1. The van der Waals surface area contributed by atoms with Gasteiger partial charge in [0.05, 0.1) is 25.5 Å². The summed E-state index contributed by atoms with van der Waals surface area (Å²) in [7, 11) is 1.94. The van der Waals surface area contributed by atoms with E-state index in [2.05, 4.69) is 52.7 Å². The third-order valence-electron chi connectivity index (χ3n) is 4.95. The number of aryl methyl sites for hydroxylation is 2. The van der Waals surface area contributed by atoms with Crippen molar-refractivity contribution in [1.82, 2.24) is 20.0 Å². The van der Waals surface area contributed by atoms with Gasteiger partial charge in [0.2, 0.25) is 0 Å². The highest BCUT2D eigenvalue weighted by molar-refractivity contribution is 5.79. The number of hydrogen-bond donors (Lipinski definition) is 2. The van der Waals surface area contributed by atoms with Crippen molar-refractivity contribution in [2.24, 2.45) is 7.05 Å². The summed E-state index contributed by atoms with van der Waals surface area (Å²) in [5, 5.41) is 7.99. The summed E-state index contributed by atoms with van der Waals surface area (Å²) in [5.41, 5.74) is 11.6. The van der Waals surface area contributed by atoms with Crippen LogP contribution in [0, 0.1) is 6.92 Å². The molecule has 0 amide bonds. The van der Waals surface area contributed by atoms with Crippen molar-refractivity contribution in [3.63, 3.8) is 0 Å². The molecule has 1 saturated heterocycles. The molecule has 2 aliphatic rings. The smallest absolute Gasteiger partial charge is 0.103 e. The molecule has 0 bridgehead atoms. The van der Waals surface area contributed by atoms with Gasteiger partial charge < -0.3 is 20.7 Å². The van der Waals surface area contributed by atoms with Crippen molar-refractivity contribution < 1.29 is 4.74 Å². The Balaban J connectivity index is 1.75. The van der Waals surface area contributed by atoms with Crippen LogP contribution in [-0.4, -0.2) is 41.0 Å². The second-order valence-corrected chi connectivity index (χ2v) is 6.89. The van der Waals surface area contributed by atoms with E-state index in [1.54, 1.807) is 0 Å². The summed E-state index contributed by atoms with van der Waals surface area (Å²) in [4.78, 5) is 2.35. The molecule has 3 heterocycles. The lowest BCUT2D eigenvalue weighted by Crippen LogP contribution is -2.42.